The second-order valence-electron chi connectivity index (χ2n) is 7.61. The van der Waals surface area contributed by atoms with E-state index in [1.165, 1.54) is 11.1 Å². The Kier molecular flexibility index (Phi) is 6.03. The van der Waals surface area contributed by atoms with Crippen molar-refractivity contribution in [2.24, 2.45) is 0 Å². The Balaban J connectivity index is 1.60. The molecule has 0 N–H and O–H groups in total. The molecule has 1 heterocycles. The Hall–Kier alpha value is -3.27. The lowest BCUT2D eigenvalue weighted by Gasteiger charge is -2.19. The van der Waals surface area contributed by atoms with Crippen molar-refractivity contribution in [2.75, 3.05) is 6.61 Å². The number of ether oxygens (including phenoxy) is 2. The lowest BCUT2D eigenvalue weighted by Crippen LogP contribution is -2.17. The van der Waals surface area contributed by atoms with Crippen molar-refractivity contribution < 1.29 is 9.47 Å². The van der Waals surface area contributed by atoms with E-state index in [-0.39, 0.29) is 6.10 Å². The Morgan fingerprint density at radius 3 is 2.30 bits per heavy atom. The normalized spacial score (nSPS) is 12.1. The standard InChI is InChI=1S/C26H28N2O2/c1-4-25(30-22-12-8-10-20(3)18-22)26-27-23-13-5-6-14-24(23)28(26)15-16-29-21-11-7-9-19(2)17-21/h5-14,17-18,25H,4,15-16H2,1-3H3. The van der Waals surface area contributed by atoms with Crippen LogP contribution in [0.25, 0.3) is 11.0 Å². The number of hydrogen-bond acceptors (Lipinski definition) is 3. The number of nitrogens with zero attached hydrogens (tertiary/aromatic N) is 2. The predicted octanol–water partition coefficient (Wildman–Crippen LogP) is 6.26. The molecule has 0 fully saturated rings. The van der Waals surface area contributed by atoms with Crippen LogP contribution in [0, 0.1) is 13.8 Å². The quantitative estimate of drug-likeness (QED) is 0.350. The van der Waals surface area contributed by atoms with Gasteiger partial charge in [0.25, 0.3) is 0 Å². The van der Waals surface area contributed by atoms with Gasteiger partial charge in [-0.1, -0.05) is 43.3 Å². The smallest absolute Gasteiger partial charge is 0.156 e. The van der Waals surface area contributed by atoms with E-state index in [0.717, 1.165) is 34.8 Å². The highest BCUT2D eigenvalue weighted by Crippen LogP contribution is 2.28. The molecular formula is C26H28N2O2. The van der Waals surface area contributed by atoms with E-state index in [2.05, 4.69) is 61.7 Å². The van der Waals surface area contributed by atoms with Crippen molar-refractivity contribution >= 4 is 11.0 Å². The molecule has 0 aliphatic carbocycles. The average Bonchev–Trinajstić information content (AvgIpc) is 3.11. The first-order valence-electron chi connectivity index (χ1n) is 10.5. The molecule has 30 heavy (non-hydrogen) atoms. The molecule has 0 aliphatic rings. The molecule has 0 aliphatic heterocycles. The zero-order valence-corrected chi connectivity index (χ0v) is 17.8. The molecule has 1 atom stereocenters. The third-order valence-corrected chi connectivity index (χ3v) is 5.18. The fourth-order valence-electron chi connectivity index (χ4n) is 3.71. The summed E-state index contributed by atoms with van der Waals surface area (Å²) in [6.45, 7) is 7.55. The zero-order valence-electron chi connectivity index (χ0n) is 17.8. The summed E-state index contributed by atoms with van der Waals surface area (Å²) in [4.78, 5) is 4.92. The van der Waals surface area contributed by atoms with Crippen molar-refractivity contribution in [3.8, 4) is 11.5 Å². The van der Waals surface area contributed by atoms with Gasteiger partial charge < -0.3 is 14.0 Å². The van der Waals surface area contributed by atoms with Crippen molar-refractivity contribution in [1.29, 1.82) is 0 Å². The fourth-order valence-corrected chi connectivity index (χ4v) is 3.71. The van der Waals surface area contributed by atoms with E-state index in [0.29, 0.717) is 13.2 Å². The molecule has 0 amide bonds. The van der Waals surface area contributed by atoms with Crippen LogP contribution in [0.3, 0.4) is 0 Å². The Morgan fingerprint density at radius 1 is 0.867 bits per heavy atom. The minimum absolute atomic E-state index is 0.127. The second kappa shape index (κ2) is 9.04. The highest BCUT2D eigenvalue weighted by Gasteiger charge is 2.20. The third kappa shape index (κ3) is 4.48. The maximum Gasteiger partial charge on any atom is 0.156 e. The largest absolute Gasteiger partial charge is 0.492 e. The van der Waals surface area contributed by atoms with Crippen molar-refractivity contribution in [2.45, 2.75) is 39.8 Å². The third-order valence-electron chi connectivity index (χ3n) is 5.18. The first-order chi connectivity index (χ1) is 14.6. The van der Waals surface area contributed by atoms with Crippen LogP contribution in [-0.4, -0.2) is 16.2 Å². The van der Waals surface area contributed by atoms with Gasteiger partial charge in [0.2, 0.25) is 0 Å². The number of rotatable bonds is 8. The summed E-state index contributed by atoms with van der Waals surface area (Å²) >= 11 is 0. The molecule has 154 valence electrons. The lowest BCUT2D eigenvalue weighted by atomic mass is 10.2. The highest BCUT2D eigenvalue weighted by molar-refractivity contribution is 5.76. The first-order valence-corrected chi connectivity index (χ1v) is 10.5. The molecule has 4 rings (SSSR count). The van der Waals surface area contributed by atoms with Crippen molar-refractivity contribution in [3.05, 3.63) is 89.7 Å². The number of benzene rings is 3. The van der Waals surface area contributed by atoms with Crippen LogP contribution in [0.1, 0.15) is 36.4 Å². The zero-order chi connectivity index (χ0) is 20.9. The second-order valence-corrected chi connectivity index (χ2v) is 7.61. The monoisotopic (exact) mass is 400 g/mol. The predicted molar refractivity (Wildman–Crippen MR) is 121 cm³/mol. The van der Waals surface area contributed by atoms with Crippen LogP contribution in [0.2, 0.25) is 0 Å². The molecular weight excluding hydrogens is 372 g/mol. The topological polar surface area (TPSA) is 36.3 Å². The summed E-state index contributed by atoms with van der Waals surface area (Å²) in [6.07, 6.45) is 0.703. The minimum atomic E-state index is -0.127. The minimum Gasteiger partial charge on any atom is -0.492 e. The van der Waals surface area contributed by atoms with Crippen molar-refractivity contribution in [1.82, 2.24) is 9.55 Å². The van der Waals surface area contributed by atoms with Crippen LogP contribution in [0.4, 0.5) is 0 Å². The van der Waals surface area contributed by atoms with Gasteiger partial charge in [-0.25, -0.2) is 4.98 Å². The van der Waals surface area contributed by atoms with Crippen LogP contribution in [-0.2, 0) is 6.54 Å². The van der Waals surface area contributed by atoms with E-state index in [4.69, 9.17) is 14.5 Å². The van der Waals surface area contributed by atoms with E-state index in [1.807, 2.05) is 36.4 Å². The van der Waals surface area contributed by atoms with Gasteiger partial charge in [0.05, 0.1) is 17.6 Å². The summed E-state index contributed by atoms with van der Waals surface area (Å²) in [5, 5.41) is 0. The van der Waals surface area contributed by atoms with Crippen LogP contribution in [0.5, 0.6) is 11.5 Å². The van der Waals surface area contributed by atoms with Gasteiger partial charge in [-0.3, -0.25) is 0 Å². The van der Waals surface area contributed by atoms with E-state index in [1.54, 1.807) is 0 Å². The maximum absolute atomic E-state index is 6.36. The van der Waals surface area contributed by atoms with E-state index in [9.17, 15) is 0 Å². The summed E-state index contributed by atoms with van der Waals surface area (Å²) in [5.74, 6) is 2.70. The first kappa shape index (κ1) is 20.0. The van der Waals surface area contributed by atoms with Crippen LogP contribution in [0.15, 0.2) is 72.8 Å². The Morgan fingerprint density at radius 2 is 1.57 bits per heavy atom. The molecule has 1 aromatic heterocycles. The van der Waals surface area contributed by atoms with Crippen LogP contribution < -0.4 is 9.47 Å². The summed E-state index contributed by atoms with van der Waals surface area (Å²) < 4.78 is 14.6. The van der Waals surface area contributed by atoms with Crippen molar-refractivity contribution in [3.63, 3.8) is 0 Å². The van der Waals surface area contributed by atoms with E-state index >= 15 is 0 Å². The lowest BCUT2D eigenvalue weighted by molar-refractivity contribution is 0.184. The maximum atomic E-state index is 6.36. The van der Waals surface area contributed by atoms with Gasteiger partial charge in [-0.05, 0) is 67.8 Å². The number of aryl methyl sites for hydroxylation is 2. The number of fused-ring (bicyclic) bond motifs is 1. The molecule has 0 spiro atoms. The molecule has 0 bridgehead atoms. The summed E-state index contributed by atoms with van der Waals surface area (Å²) in [5.41, 5.74) is 4.46. The molecule has 3 aromatic carbocycles. The van der Waals surface area contributed by atoms with Gasteiger partial charge in [-0.15, -0.1) is 0 Å². The Labute approximate surface area is 178 Å². The van der Waals surface area contributed by atoms with Gasteiger partial charge >= 0.3 is 0 Å². The van der Waals surface area contributed by atoms with Gasteiger partial charge in [-0.2, -0.15) is 0 Å². The molecule has 0 radical (unpaired) electrons. The summed E-state index contributed by atoms with van der Waals surface area (Å²) in [6, 6.07) is 24.5. The highest BCUT2D eigenvalue weighted by atomic mass is 16.5. The van der Waals surface area contributed by atoms with Crippen LogP contribution >= 0.6 is 0 Å². The molecule has 4 heteroatoms. The molecule has 1 unspecified atom stereocenters. The number of hydrogen-bond donors (Lipinski definition) is 0. The molecule has 4 nitrogen and oxygen atoms in total. The Bertz CT molecular complexity index is 1130. The fraction of sp³-hybridized carbons (Fsp3) is 0.269. The molecule has 0 saturated carbocycles. The van der Waals surface area contributed by atoms with E-state index < -0.39 is 0 Å². The van der Waals surface area contributed by atoms with Gasteiger partial charge in [0.15, 0.2) is 11.9 Å². The SMILES string of the molecule is CCC(Oc1cccc(C)c1)c1nc2ccccc2n1CCOc1cccc(C)c1. The molecule has 0 saturated heterocycles. The van der Waals surface area contributed by atoms with Gasteiger partial charge in [0.1, 0.15) is 18.1 Å². The summed E-state index contributed by atoms with van der Waals surface area (Å²) in [7, 11) is 0. The average molecular weight is 401 g/mol. The molecule has 4 aromatic rings. The number of aromatic nitrogens is 2. The number of imidazole rings is 1. The van der Waals surface area contributed by atoms with Gasteiger partial charge in [0, 0.05) is 0 Å². The number of para-hydroxylation sites is 2.